The fourth-order valence-corrected chi connectivity index (χ4v) is 0.697. The van der Waals surface area contributed by atoms with Gasteiger partial charge in [0.25, 0.3) is 0 Å². The second kappa shape index (κ2) is 7.84. The molecule has 0 radical (unpaired) electrons. The Bertz CT molecular complexity index is 150. The van der Waals surface area contributed by atoms with Gasteiger partial charge in [0.2, 0.25) is 5.91 Å². The SMILES string of the molecule is C.C.CCC(C)(C)C(=O)NCC(C)C. The highest BCUT2D eigenvalue weighted by Crippen LogP contribution is 2.19. The van der Waals surface area contributed by atoms with Gasteiger partial charge in [0.1, 0.15) is 0 Å². The van der Waals surface area contributed by atoms with E-state index in [9.17, 15) is 4.79 Å². The highest BCUT2D eigenvalue weighted by molar-refractivity contribution is 5.81. The maximum absolute atomic E-state index is 11.5. The molecule has 0 fully saturated rings. The van der Waals surface area contributed by atoms with Crippen LogP contribution in [-0.2, 0) is 4.79 Å². The Morgan fingerprint density at radius 3 is 2.00 bits per heavy atom. The van der Waals surface area contributed by atoms with E-state index in [0.29, 0.717) is 5.92 Å². The summed E-state index contributed by atoms with van der Waals surface area (Å²) in [6.07, 6.45) is 0.886. The Morgan fingerprint density at radius 1 is 1.29 bits per heavy atom. The van der Waals surface area contributed by atoms with Crippen LogP contribution >= 0.6 is 0 Å². The summed E-state index contributed by atoms with van der Waals surface area (Å²) in [7, 11) is 0. The minimum atomic E-state index is -0.213. The zero-order chi connectivity index (χ0) is 9.78. The topological polar surface area (TPSA) is 29.1 Å². The second-order valence-electron chi connectivity index (χ2n) is 4.34. The predicted octanol–water partition coefficient (Wildman–Crippen LogP) is 3.47. The fourth-order valence-electron chi connectivity index (χ4n) is 0.697. The zero-order valence-corrected chi connectivity index (χ0v) is 8.90. The molecule has 0 saturated carbocycles. The molecule has 88 valence electrons. The molecule has 2 nitrogen and oxygen atoms in total. The maximum Gasteiger partial charge on any atom is 0.225 e. The summed E-state index contributed by atoms with van der Waals surface area (Å²) in [5.74, 6) is 0.695. The van der Waals surface area contributed by atoms with E-state index in [0.717, 1.165) is 13.0 Å². The highest BCUT2D eigenvalue weighted by Gasteiger charge is 2.24. The highest BCUT2D eigenvalue weighted by atomic mass is 16.2. The van der Waals surface area contributed by atoms with E-state index in [-0.39, 0.29) is 26.2 Å². The van der Waals surface area contributed by atoms with Crippen LogP contribution in [0, 0.1) is 11.3 Å². The molecule has 0 aliphatic carbocycles. The molecule has 0 atom stereocenters. The minimum absolute atomic E-state index is 0. The number of carbonyl (C=O) groups excluding carboxylic acids is 1. The molecular formula is C12H29NO. The third-order valence-electron chi connectivity index (χ3n) is 2.17. The van der Waals surface area contributed by atoms with Crippen molar-refractivity contribution in [2.45, 2.75) is 55.9 Å². The quantitative estimate of drug-likeness (QED) is 0.745. The Hall–Kier alpha value is -0.530. The number of amides is 1. The summed E-state index contributed by atoms with van der Waals surface area (Å²) in [5.41, 5.74) is -0.213. The van der Waals surface area contributed by atoms with Crippen LogP contribution in [0.2, 0.25) is 0 Å². The molecule has 2 heteroatoms. The number of hydrogen-bond acceptors (Lipinski definition) is 1. The maximum atomic E-state index is 11.5. The lowest BCUT2D eigenvalue weighted by atomic mass is 9.89. The van der Waals surface area contributed by atoms with Crippen molar-refractivity contribution < 1.29 is 4.79 Å². The predicted molar refractivity (Wildman–Crippen MR) is 65.4 cm³/mol. The molecule has 0 aromatic carbocycles. The van der Waals surface area contributed by atoms with Gasteiger partial charge in [0.15, 0.2) is 0 Å². The molecule has 0 bridgehead atoms. The summed E-state index contributed by atoms with van der Waals surface area (Å²) < 4.78 is 0. The van der Waals surface area contributed by atoms with Gasteiger partial charge in [0.05, 0.1) is 0 Å². The van der Waals surface area contributed by atoms with Crippen LogP contribution in [0.4, 0.5) is 0 Å². The van der Waals surface area contributed by atoms with Crippen molar-refractivity contribution in [2.75, 3.05) is 6.54 Å². The first kappa shape index (κ1) is 19.1. The van der Waals surface area contributed by atoms with Crippen LogP contribution in [0.1, 0.15) is 55.9 Å². The molecule has 0 aromatic heterocycles. The average Bonchev–Trinajstić information content (AvgIpc) is 2.00. The number of carbonyl (C=O) groups is 1. The molecule has 0 aliphatic rings. The van der Waals surface area contributed by atoms with Gasteiger partial charge >= 0.3 is 0 Å². The minimum Gasteiger partial charge on any atom is -0.355 e. The lowest BCUT2D eigenvalue weighted by Gasteiger charge is -2.22. The lowest BCUT2D eigenvalue weighted by molar-refractivity contribution is -0.129. The molecule has 0 unspecified atom stereocenters. The van der Waals surface area contributed by atoms with E-state index in [1.807, 2.05) is 20.8 Å². The monoisotopic (exact) mass is 203 g/mol. The molecular weight excluding hydrogens is 174 g/mol. The van der Waals surface area contributed by atoms with Crippen molar-refractivity contribution in [1.29, 1.82) is 0 Å². The van der Waals surface area contributed by atoms with E-state index < -0.39 is 0 Å². The summed E-state index contributed by atoms with van der Waals surface area (Å²) >= 11 is 0. The average molecular weight is 203 g/mol. The van der Waals surface area contributed by atoms with Gasteiger partial charge in [-0.25, -0.2) is 0 Å². The van der Waals surface area contributed by atoms with Gasteiger partial charge in [-0.3, -0.25) is 4.79 Å². The van der Waals surface area contributed by atoms with Crippen LogP contribution in [0.25, 0.3) is 0 Å². The molecule has 0 rings (SSSR count). The van der Waals surface area contributed by atoms with Crippen molar-refractivity contribution in [3.8, 4) is 0 Å². The van der Waals surface area contributed by atoms with Gasteiger partial charge in [-0.1, -0.05) is 49.5 Å². The smallest absolute Gasteiger partial charge is 0.225 e. The second-order valence-corrected chi connectivity index (χ2v) is 4.34. The molecule has 0 aliphatic heterocycles. The molecule has 1 N–H and O–H groups in total. The number of rotatable bonds is 4. The van der Waals surface area contributed by atoms with E-state index >= 15 is 0 Å². The van der Waals surface area contributed by atoms with Gasteiger partial charge in [-0.15, -0.1) is 0 Å². The van der Waals surface area contributed by atoms with Crippen molar-refractivity contribution in [3.05, 3.63) is 0 Å². The van der Waals surface area contributed by atoms with E-state index in [1.54, 1.807) is 0 Å². The lowest BCUT2D eigenvalue weighted by Crippen LogP contribution is -2.38. The normalized spacial score (nSPS) is 10.1. The van der Waals surface area contributed by atoms with Crippen LogP contribution in [0.3, 0.4) is 0 Å². The van der Waals surface area contributed by atoms with Crippen LogP contribution in [0.15, 0.2) is 0 Å². The third-order valence-corrected chi connectivity index (χ3v) is 2.17. The first-order chi connectivity index (χ1) is 5.40. The molecule has 0 heterocycles. The molecule has 0 saturated heterocycles. The van der Waals surface area contributed by atoms with Crippen molar-refractivity contribution in [3.63, 3.8) is 0 Å². The summed E-state index contributed by atoms with van der Waals surface area (Å²) in [6.45, 7) is 11.0. The first-order valence-corrected chi connectivity index (χ1v) is 4.68. The standard InChI is InChI=1S/C10H21NO.2CH4/c1-6-10(4,5)9(12)11-7-8(2)3;;/h8H,6-7H2,1-5H3,(H,11,12);2*1H4. The van der Waals surface area contributed by atoms with Crippen molar-refractivity contribution in [2.24, 2.45) is 11.3 Å². The third kappa shape index (κ3) is 6.93. The Labute approximate surface area is 90.5 Å². The number of nitrogens with one attached hydrogen (secondary N) is 1. The summed E-state index contributed by atoms with van der Waals surface area (Å²) in [5, 5.41) is 2.93. The van der Waals surface area contributed by atoms with Crippen LogP contribution in [0.5, 0.6) is 0 Å². The summed E-state index contributed by atoms with van der Waals surface area (Å²) in [6, 6.07) is 0. The van der Waals surface area contributed by atoms with Gasteiger partial charge in [-0.05, 0) is 12.3 Å². The Balaban J connectivity index is -0.000000605. The van der Waals surface area contributed by atoms with Crippen LogP contribution < -0.4 is 5.32 Å². The van der Waals surface area contributed by atoms with E-state index in [4.69, 9.17) is 0 Å². The van der Waals surface area contributed by atoms with E-state index in [1.165, 1.54) is 0 Å². The Kier molecular flexibility index (Phi) is 10.7. The van der Waals surface area contributed by atoms with Gasteiger partial charge < -0.3 is 5.32 Å². The van der Waals surface area contributed by atoms with E-state index in [2.05, 4.69) is 19.2 Å². The molecule has 14 heavy (non-hydrogen) atoms. The van der Waals surface area contributed by atoms with Gasteiger partial charge in [0, 0.05) is 12.0 Å². The molecule has 1 amide bonds. The van der Waals surface area contributed by atoms with Gasteiger partial charge in [-0.2, -0.15) is 0 Å². The Morgan fingerprint density at radius 2 is 1.71 bits per heavy atom. The van der Waals surface area contributed by atoms with Crippen molar-refractivity contribution in [1.82, 2.24) is 5.32 Å². The van der Waals surface area contributed by atoms with Crippen LogP contribution in [-0.4, -0.2) is 12.5 Å². The fraction of sp³-hybridized carbons (Fsp3) is 0.917. The largest absolute Gasteiger partial charge is 0.355 e. The summed E-state index contributed by atoms with van der Waals surface area (Å²) in [4.78, 5) is 11.5. The zero-order valence-electron chi connectivity index (χ0n) is 8.90. The molecule has 0 aromatic rings. The number of hydrogen-bond donors (Lipinski definition) is 1. The molecule has 0 spiro atoms. The van der Waals surface area contributed by atoms with Crippen molar-refractivity contribution >= 4 is 5.91 Å². The first-order valence-electron chi connectivity index (χ1n) is 4.68.